The van der Waals surface area contributed by atoms with Gasteiger partial charge in [-0.1, -0.05) is 0 Å². The molecule has 0 saturated heterocycles. The Kier molecular flexibility index (Phi) is 3.85. The van der Waals surface area contributed by atoms with Crippen LogP contribution < -0.4 is 5.73 Å². The predicted molar refractivity (Wildman–Crippen MR) is 69.3 cm³/mol. The summed E-state index contributed by atoms with van der Waals surface area (Å²) in [6.45, 7) is 3.45. The Labute approximate surface area is 117 Å². The molecule has 0 aliphatic rings. The monoisotopic (exact) mass is 300 g/mol. The minimum atomic E-state index is -4.39. The second-order valence-electron chi connectivity index (χ2n) is 4.07. The first kappa shape index (κ1) is 14.6. The van der Waals surface area contributed by atoms with E-state index >= 15 is 0 Å². The van der Waals surface area contributed by atoms with Gasteiger partial charge in [0.2, 0.25) is 0 Å². The highest BCUT2D eigenvalue weighted by Gasteiger charge is 2.30. The molecule has 2 N–H and O–H groups in total. The molecular formula is C12H11F3N4S. The summed E-state index contributed by atoms with van der Waals surface area (Å²) in [6, 6.07) is 2.29. The van der Waals surface area contributed by atoms with Gasteiger partial charge in [-0.2, -0.15) is 13.2 Å². The largest absolute Gasteiger partial charge is 0.417 e. The quantitative estimate of drug-likeness (QED) is 0.863. The van der Waals surface area contributed by atoms with Crippen molar-refractivity contribution in [2.24, 2.45) is 0 Å². The first-order chi connectivity index (χ1) is 9.27. The molecule has 0 saturated carbocycles. The molecule has 0 radical (unpaired) electrons. The topological polar surface area (TPSA) is 64.7 Å². The van der Waals surface area contributed by atoms with Crippen LogP contribution >= 0.6 is 11.8 Å². The van der Waals surface area contributed by atoms with Gasteiger partial charge in [-0.15, -0.1) is 0 Å². The maximum Gasteiger partial charge on any atom is 0.417 e. The molecule has 0 atom stereocenters. The van der Waals surface area contributed by atoms with Gasteiger partial charge in [-0.25, -0.2) is 15.0 Å². The Morgan fingerprint density at radius 2 is 1.85 bits per heavy atom. The molecule has 0 amide bonds. The highest BCUT2D eigenvalue weighted by molar-refractivity contribution is 7.99. The van der Waals surface area contributed by atoms with Gasteiger partial charge < -0.3 is 5.73 Å². The Morgan fingerprint density at radius 3 is 2.40 bits per heavy atom. The first-order valence-electron chi connectivity index (χ1n) is 5.59. The van der Waals surface area contributed by atoms with E-state index in [4.69, 9.17) is 5.73 Å². The first-order valence-corrected chi connectivity index (χ1v) is 6.41. The molecule has 2 heterocycles. The molecule has 2 rings (SSSR count). The minimum Gasteiger partial charge on any atom is -0.383 e. The summed E-state index contributed by atoms with van der Waals surface area (Å²) in [5.41, 5.74) is 5.62. The van der Waals surface area contributed by atoms with Gasteiger partial charge in [0.15, 0.2) is 0 Å². The lowest BCUT2D eigenvalue weighted by Crippen LogP contribution is -2.05. The van der Waals surface area contributed by atoms with E-state index in [0.717, 1.165) is 24.0 Å². The van der Waals surface area contributed by atoms with E-state index < -0.39 is 11.7 Å². The van der Waals surface area contributed by atoms with Crippen molar-refractivity contribution in [1.82, 2.24) is 15.0 Å². The zero-order valence-electron chi connectivity index (χ0n) is 10.7. The van der Waals surface area contributed by atoms with Crippen LogP contribution in [-0.2, 0) is 6.18 Å². The average molecular weight is 300 g/mol. The zero-order chi connectivity index (χ0) is 14.9. The molecule has 106 valence electrons. The number of alkyl halides is 3. The van der Waals surface area contributed by atoms with E-state index in [1.807, 2.05) is 0 Å². The Morgan fingerprint density at radius 1 is 1.15 bits per heavy atom. The van der Waals surface area contributed by atoms with Crippen LogP contribution in [0.25, 0.3) is 0 Å². The summed E-state index contributed by atoms with van der Waals surface area (Å²) in [4.78, 5) is 12.0. The number of pyridine rings is 1. The number of hydrogen-bond donors (Lipinski definition) is 1. The molecule has 0 aliphatic carbocycles. The van der Waals surface area contributed by atoms with Gasteiger partial charge in [-0.3, -0.25) is 0 Å². The molecule has 0 unspecified atom stereocenters. The second-order valence-corrected chi connectivity index (χ2v) is 5.08. The zero-order valence-corrected chi connectivity index (χ0v) is 11.5. The summed E-state index contributed by atoms with van der Waals surface area (Å²) in [6.07, 6.45) is -3.59. The number of nitrogen functional groups attached to an aromatic ring is 1. The molecule has 0 aliphatic heterocycles. The van der Waals surface area contributed by atoms with Crippen LogP contribution in [-0.4, -0.2) is 15.0 Å². The maximum absolute atomic E-state index is 12.4. The van der Waals surface area contributed by atoms with E-state index in [9.17, 15) is 13.2 Å². The van der Waals surface area contributed by atoms with Crippen LogP contribution in [0.3, 0.4) is 0 Å². The predicted octanol–water partition coefficient (Wildman–Crippen LogP) is 3.24. The molecule has 0 spiro atoms. The van der Waals surface area contributed by atoms with E-state index in [-0.39, 0.29) is 0 Å². The van der Waals surface area contributed by atoms with Crippen molar-refractivity contribution < 1.29 is 13.2 Å². The smallest absolute Gasteiger partial charge is 0.383 e. The molecule has 2 aromatic heterocycles. The van der Waals surface area contributed by atoms with Gasteiger partial charge in [0.25, 0.3) is 0 Å². The lowest BCUT2D eigenvalue weighted by molar-refractivity contribution is -0.137. The minimum absolute atomic E-state index is 0.354. The van der Waals surface area contributed by atoms with Gasteiger partial charge in [0.05, 0.1) is 5.56 Å². The maximum atomic E-state index is 12.4. The van der Waals surface area contributed by atoms with Crippen LogP contribution in [0.2, 0.25) is 0 Å². The summed E-state index contributed by atoms with van der Waals surface area (Å²) in [5.74, 6) is 0.856. The van der Waals surface area contributed by atoms with Crippen molar-refractivity contribution in [2.45, 2.75) is 30.1 Å². The van der Waals surface area contributed by atoms with Crippen molar-refractivity contribution in [3.05, 3.63) is 35.3 Å². The van der Waals surface area contributed by atoms with Gasteiger partial charge in [0, 0.05) is 11.8 Å². The molecule has 0 fully saturated rings. The number of nitrogens with two attached hydrogens (primary N) is 1. The standard InChI is InChI=1S/C12H11F3N4S/c1-6-10(16)18-7(2)19-11(6)20-9-4-3-8(5-17-9)12(13,14)15/h3-5H,1-2H3,(H2,16,18,19). The van der Waals surface area contributed by atoms with Gasteiger partial charge in [-0.05, 0) is 37.7 Å². The fourth-order valence-electron chi connectivity index (χ4n) is 1.43. The normalized spacial score (nSPS) is 11.7. The summed E-state index contributed by atoms with van der Waals surface area (Å²) >= 11 is 1.15. The van der Waals surface area contributed by atoms with Crippen molar-refractivity contribution in [3.63, 3.8) is 0 Å². The SMILES string of the molecule is Cc1nc(N)c(C)c(Sc2ccc(C(F)(F)F)cn2)n1. The van der Waals surface area contributed by atoms with Crippen molar-refractivity contribution in [3.8, 4) is 0 Å². The second kappa shape index (κ2) is 5.28. The average Bonchev–Trinajstić information content (AvgIpc) is 2.35. The molecule has 4 nitrogen and oxygen atoms in total. The Bertz CT molecular complexity index is 626. The number of halogens is 3. The van der Waals surface area contributed by atoms with E-state index in [2.05, 4.69) is 15.0 Å². The lowest BCUT2D eigenvalue weighted by atomic mass is 10.3. The highest BCUT2D eigenvalue weighted by Crippen LogP contribution is 2.32. The lowest BCUT2D eigenvalue weighted by Gasteiger charge is -2.09. The third-order valence-electron chi connectivity index (χ3n) is 2.52. The number of anilines is 1. The van der Waals surface area contributed by atoms with Crippen LogP contribution in [0.5, 0.6) is 0 Å². The van der Waals surface area contributed by atoms with E-state index in [1.54, 1.807) is 13.8 Å². The summed E-state index contributed by atoms with van der Waals surface area (Å²) < 4.78 is 37.3. The highest BCUT2D eigenvalue weighted by atomic mass is 32.2. The summed E-state index contributed by atoms with van der Waals surface area (Å²) in [5, 5.41) is 1.00. The van der Waals surface area contributed by atoms with Crippen LogP contribution in [0.15, 0.2) is 28.4 Å². The van der Waals surface area contributed by atoms with Crippen LogP contribution in [0, 0.1) is 13.8 Å². The van der Waals surface area contributed by atoms with Crippen LogP contribution in [0.1, 0.15) is 17.0 Å². The third-order valence-corrected chi connectivity index (χ3v) is 3.56. The van der Waals surface area contributed by atoms with Gasteiger partial charge in [0.1, 0.15) is 21.7 Å². The molecule has 2 aromatic rings. The van der Waals surface area contributed by atoms with E-state index in [0.29, 0.717) is 27.3 Å². The molecular weight excluding hydrogens is 289 g/mol. The molecule has 0 bridgehead atoms. The Hall–Kier alpha value is -1.83. The number of nitrogens with zero attached hydrogens (tertiary/aromatic N) is 3. The molecule has 20 heavy (non-hydrogen) atoms. The number of rotatable bonds is 2. The number of aryl methyl sites for hydroxylation is 1. The summed E-state index contributed by atoms with van der Waals surface area (Å²) in [7, 11) is 0. The van der Waals surface area contributed by atoms with Crippen molar-refractivity contribution in [1.29, 1.82) is 0 Å². The third kappa shape index (κ3) is 3.19. The molecule has 0 aromatic carbocycles. The number of hydrogen-bond acceptors (Lipinski definition) is 5. The Balaban J connectivity index is 2.27. The fourth-order valence-corrected chi connectivity index (χ4v) is 2.31. The van der Waals surface area contributed by atoms with Crippen molar-refractivity contribution >= 4 is 17.6 Å². The van der Waals surface area contributed by atoms with Gasteiger partial charge >= 0.3 is 6.18 Å². The fraction of sp³-hybridized carbons (Fsp3) is 0.250. The van der Waals surface area contributed by atoms with E-state index in [1.165, 1.54) is 6.07 Å². The van der Waals surface area contributed by atoms with Crippen LogP contribution in [0.4, 0.5) is 19.0 Å². The molecule has 8 heteroatoms. The van der Waals surface area contributed by atoms with Crippen molar-refractivity contribution in [2.75, 3.05) is 5.73 Å². The number of aromatic nitrogens is 3.